The minimum atomic E-state index is -4.34. The molecule has 0 heterocycles. The molecule has 0 aliphatic heterocycles. The largest absolute Gasteiger partial charge is 0.472 e. The molecular weight excluding hydrogens is 900 g/mol. The topological polar surface area (TPSA) is 105 Å². The van der Waals surface area contributed by atoms with Crippen molar-refractivity contribution in [2.45, 2.75) is 341 Å². The minimum Gasteiger partial charge on any atom is -0.387 e. The maximum Gasteiger partial charge on any atom is 0.472 e. The summed E-state index contributed by atoms with van der Waals surface area (Å²) in [7, 11) is 1.59. The molecule has 8 nitrogen and oxygen atoms in total. The highest BCUT2D eigenvalue weighted by atomic mass is 31.2. The summed E-state index contributed by atoms with van der Waals surface area (Å²) in [5, 5.41) is 13.9. The Morgan fingerprint density at radius 3 is 1.04 bits per heavy atom. The van der Waals surface area contributed by atoms with Crippen molar-refractivity contribution >= 4 is 13.7 Å². The predicted octanol–water partition coefficient (Wildman–Crippen LogP) is 19.4. The van der Waals surface area contributed by atoms with Crippen LogP contribution in [0.15, 0.2) is 12.2 Å². The summed E-state index contributed by atoms with van der Waals surface area (Å²) >= 11 is 0. The molecule has 0 aromatic rings. The third-order valence-corrected chi connectivity index (χ3v) is 15.7. The number of carbonyl (C=O) groups is 1. The van der Waals surface area contributed by atoms with Gasteiger partial charge in [-0.1, -0.05) is 315 Å². The molecule has 0 aromatic heterocycles. The van der Waals surface area contributed by atoms with Crippen molar-refractivity contribution in [3.8, 4) is 0 Å². The highest BCUT2D eigenvalue weighted by molar-refractivity contribution is 7.47. The Hall–Kier alpha value is -0.760. The second-order valence-corrected chi connectivity index (χ2v) is 24.6. The molecule has 0 saturated carbocycles. The van der Waals surface area contributed by atoms with Gasteiger partial charge >= 0.3 is 7.82 Å². The Kier molecular flexibility index (Phi) is 53.5. The van der Waals surface area contributed by atoms with Gasteiger partial charge < -0.3 is 19.8 Å². The number of nitrogens with zero attached hydrogens (tertiary/aromatic N) is 1. The number of nitrogens with one attached hydrogen (secondary N) is 1. The third kappa shape index (κ3) is 56.8. The fourth-order valence-electron chi connectivity index (χ4n) is 9.81. The number of phosphoric ester groups is 1. The average molecular weight is 1030 g/mol. The van der Waals surface area contributed by atoms with Crippen LogP contribution in [0.5, 0.6) is 0 Å². The number of carbonyl (C=O) groups excluding carboxylic acids is 1. The van der Waals surface area contributed by atoms with Crippen LogP contribution in [0.4, 0.5) is 0 Å². The Bertz CT molecular complexity index is 1160. The molecule has 9 heteroatoms. The van der Waals surface area contributed by atoms with Gasteiger partial charge in [0.1, 0.15) is 13.2 Å². The maximum atomic E-state index is 12.9. The van der Waals surface area contributed by atoms with Gasteiger partial charge in [-0.25, -0.2) is 4.57 Å². The van der Waals surface area contributed by atoms with E-state index in [9.17, 15) is 19.4 Å². The van der Waals surface area contributed by atoms with Crippen LogP contribution in [0.25, 0.3) is 0 Å². The monoisotopic (exact) mass is 1030 g/mol. The number of hydrogen-bond acceptors (Lipinski definition) is 5. The first kappa shape index (κ1) is 70.2. The smallest absolute Gasteiger partial charge is 0.387 e. The lowest BCUT2D eigenvalue weighted by atomic mass is 10.0. The number of phosphoric acid groups is 1. The van der Waals surface area contributed by atoms with Crippen LogP contribution in [-0.4, -0.2) is 73.4 Å². The molecule has 0 saturated heterocycles. The van der Waals surface area contributed by atoms with E-state index < -0.39 is 20.0 Å². The highest BCUT2D eigenvalue weighted by Crippen LogP contribution is 2.43. The molecular formula is C62H126N2O6P+. The highest BCUT2D eigenvalue weighted by Gasteiger charge is 2.28. The van der Waals surface area contributed by atoms with Gasteiger partial charge in [0.25, 0.3) is 0 Å². The number of unbranched alkanes of at least 4 members (excludes halogenated alkanes) is 46. The van der Waals surface area contributed by atoms with Crippen LogP contribution in [0, 0.1) is 0 Å². The first-order chi connectivity index (χ1) is 34.5. The molecule has 0 aliphatic carbocycles. The number of rotatable bonds is 59. The van der Waals surface area contributed by atoms with E-state index in [2.05, 4.69) is 19.2 Å². The van der Waals surface area contributed by atoms with E-state index in [1.54, 1.807) is 6.08 Å². The second kappa shape index (κ2) is 54.0. The van der Waals surface area contributed by atoms with Crippen molar-refractivity contribution in [2.75, 3.05) is 40.9 Å². The normalized spacial score (nSPS) is 13.8. The molecule has 3 unspecified atom stereocenters. The molecule has 0 aliphatic rings. The molecule has 71 heavy (non-hydrogen) atoms. The molecule has 0 fully saturated rings. The zero-order valence-electron chi connectivity index (χ0n) is 48.5. The fraction of sp³-hybridized carbons (Fsp3) is 0.952. The maximum absolute atomic E-state index is 12.9. The molecule has 0 rings (SSSR count). The molecule has 0 spiro atoms. The zero-order valence-corrected chi connectivity index (χ0v) is 49.4. The standard InChI is InChI=1S/C62H125N2O6P/c1-6-8-10-12-14-16-18-19-20-21-22-23-24-25-26-27-28-29-30-31-32-33-34-35-36-37-38-39-40-41-42-43-44-46-48-50-52-54-56-62(66)63-60(59-70-71(67,68)69-58-57-64(3,4)5)61(65)55-53-51-49-47-45-17-15-13-11-9-7-2/h53,55,60-61,65H,6-52,54,56-59H2,1-5H3,(H-,63,66,67,68)/p+1/b55-53+. The van der Waals surface area contributed by atoms with Crippen molar-refractivity contribution in [1.82, 2.24) is 5.32 Å². The van der Waals surface area contributed by atoms with Crippen molar-refractivity contribution < 1.29 is 32.9 Å². The Balaban J connectivity index is 3.80. The van der Waals surface area contributed by atoms with Gasteiger partial charge in [0.05, 0.1) is 39.9 Å². The first-order valence-corrected chi connectivity index (χ1v) is 33.1. The summed E-state index contributed by atoms with van der Waals surface area (Å²) in [5.74, 6) is -0.171. The van der Waals surface area contributed by atoms with Crippen molar-refractivity contribution in [1.29, 1.82) is 0 Å². The number of quaternary nitrogens is 1. The van der Waals surface area contributed by atoms with E-state index >= 15 is 0 Å². The predicted molar refractivity (Wildman–Crippen MR) is 309 cm³/mol. The van der Waals surface area contributed by atoms with Crippen LogP contribution in [-0.2, 0) is 18.4 Å². The Labute approximate surface area is 443 Å². The van der Waals surface area contributed by atoms with Crippen molar-refractivity contribution in [3.05, 3.63) is 12.2 Å². The number of aliphatic hydroxyl groups is 1. The average Bonchev–Trinajstić information content (AvgIpc) is 3.33. The van der Waals surface area contributed by atoms with Crippen molar-refractivity contribution in [2.24, 2.45) is 0 Å². The van der Waals surface area contributed by atoms with Gasteiger partial charge in [-0.15, -0.1) is 0 Å². The van der Waals surface area contributed by atoms with Gasteiger partial charge in [0.15, 0.2) is 0 Å². The van der Waals surface area contributed by atoms with E-state index in [4.69, 9.17) is 9.05 Å². The van der Waals surface area contributed by atoms with Crippen LogP contribution >= 0.6 is 7.82 Å². The van der Waals surface area contributed by atoms with Gasteiger partial charge in [-0.05, 0) is 19.3 Å². The number of likely N-dealkylation sites (N-methyl/N-ethyl adjacent to an activating group) is 1. The Morgan fingerprint density at radius 1 is 0.465 bits per heavy atom. The summed E-state index contributed by atoms with van der Waals surface area (Å²) in [6.07, 6.45) is 68.0. The summed E-state index contributed by atoms with van der Waals surface area (Å²) in [4.78, 5) is 23.2. The molecule has 3 atom stereocenters. The SMILES string of the molecule is CCCCCCCCCCC/C=C/C(O)C(COP(=O)(O)OCC[N+](C)(C)C)NC(=O)CCCCCCCCCCCCCCCCCCCCCCCCCCCCCCCCCCCCCCCC. The van der Waals surface area contributed by atoms with Crippen LogP contribution < -0.4 is 5.32 Å². The van der Waals surface area contributed by atoms with Gasteiger partial charge in [-0.2, -0.15) is 0 Å². The van der Waals surface area contributed by atoms with E-state index in [0.29, 0.717) is 17.4 Å². The lowest BCUT2D eigenvalue weighted by Gasteiger charge is -2.25. The summed E-state index contributed by atoms with van der Waals surface area (Å²) in [6, 6.07) is -0.841. The zero-order chi connectivity index (χ0) is 52.0. The van der Waals surface area contributed by atoms with E-state index in [1.165, 1.54) is 270 Å². The van der Waals surface area contributed by atoms with E-state index in [0.717, 1.165) is 38.5 Å². The summed E-state index contributed by atoms with van der Waals surface area (Å²) in [5.41, 5.74) is 0. The summed E-state index contributed by atoms with van der Waals surface area (Å²) < 4.78 is 23.6. The summed E-state index contributed by atoms with van der Waals surface area (Å²) in [6.45, 7) is 4.84. The van der Waals surface area contributed by atoms with Crippen LogP contribution in [0.1, 0.15) is 328 Å². The van der Waals surface area contributed by atoms with Gasteiger partial charge in [0.2, 0.25) is 5.91 Å². The number of hydrogen-bond donors (Lipinski definition) is 3. The fourth-order valence-corrected chi connectivity index (χ4v) is 10.5. The van der Waals surface area contributed by atoms with Crippen molar-refractivity contribution in [3.63, 3.8) is 0 Å². The molecule has 424 valence electrons. The molecule has 0 radical (unpaired) electrons. The number of amides is 1. The van der Waals surface area contributed by atoms with E-state index in [1.807, 2.05) is 27.2 Å². The molecule has 3 N–H and O–H groups in total. The Morgan fingerprint density at radius 2 is 0.746 bits per heavy atom. The van der Waals surface area contributed by atoms with Gasteiger partial charge in [0, 0.05) is 6.42 Å². The lowest BCUT2D eigenvalue weighted by molar-refractivity contribution is -0.870. The second-order valence-electron chi connectivity index (χ2n) is 23.2. The lowest BCUT2D eigenvalue weighted by Crippen LogP contribution is -2.45. The quantitative estimate of drug-likeness (QED) is 0.0243. The van der Waals surface area contributed by atoms with Gasteiger partial charge in [-0.3, -0.25) is 13.8 Å². The molecule has 0 bridgehead atoms. The molecule has 0 aromatic carbocycles. The van der Waals surface area contributed by atoms with Crippen LogP contribution in [0.3, 0.4) is 0 Å². The van der Waals surface area contributed by atoms with Crippen LogP contribution in [0.2, 0.25) is 0 Å². The third-order valence-electron chi connectivity index (χ3n) is 14.8. The molecule has 1 amide bonds. The first-order valence-electron chi connectivity index (χ1n) is 31.6. The van der Waals surface area contributed by atoms with E-state index in [-0.39, 0.29) is 19.1 Å². The number of allylic oxidation sites excluding steroid dienone is 1. The number of aliphatic hydroxyl groups excluding tert-OH is 1. The minimum absolute atomic E-state index is 0.0648.